The molecule has 0 atom stereocenters. The zero-order valence-electron chi connectivity index (χ0n) is 6.38. The van der Waals surface area contributed by atoms with Crippen LogP contribution in [0.4, 0.5) is 0 Å². The van der Waals surface area contributed by atoms with E-state index in [-0.39, 0.29) is 17.4 Å². The number of carbonyl (C=O) groups excluding carboxylic acids is 1. The van der Waals surface area contributed by atoms with E-state index in [4.69, 9.17) is 17.0 Å². The standard InChI is InChI=1S/C9H8ClNO/c10-6-8(12)9(11)7-4-2-1-3-5-7/h1-5,11H,6H2. The van der Waals surface area contributed by atoms with Gasteiger partial charge in [0.05, 0.1) is 5.88 Å². The number of benzene rings is 1. The molecule has 0 spiro atoms. The van der Waals surface area contributed by atoms with Gasteiger partial charge in [-0.05, 0) is 0 Å². The number of hydrogen-bond acceptors (Lipinski definition) is 2. The number of nitrogens with one attached hydrogen (secondary N) is 1. The molecule has 0 heterocycles. The molecular weight excluding hydrogens is 174 g/mol. The maximum Gasteiger partial charge on any atom is 0.195 e. The van der Waals surface area contributed by atoms with E-state index in [1.165, 1.54) is 0 Å². The van der Waals surface area contributed by atoms with Crippen molar-refractivity contribution in [3.05, 3.63) is 35.9 Å². The summed E-state index contributed by atoms with van der Waals surface area (Å²) in [7, 11) is 0. The van der Waals surface area contributed by atoms with Crippen LogP contribution in [0.5, 0.6) is 0 Å². The third-order valence-electron chi connectivity index (χ3n) is 1.46. The van der Waals surface area contributed by atoms with Crippen molar-refractivity contribution in [2.45, 2.75) is 0 Å². The Morgan fingerprint density at radius 1 is 1.33 bits per heavy atom. The zero-order chi connectivity index (χ0) is 8.97. The topological polar surface area (TPSA) is 40.9 Å². The van der Waals surface area contributed by atoms with Crippen molar-refractivity contribution in [1.29, 1.82) is 5.41 Å². The maximum atomic E-state index is 11.0. The normalized spacial score (nSPS) is 9.42. The molecule has 0 aliphatic rings. The molecular formula is C9H8ClNO. The van der Waals surface area contributed by atoms with Gasteiger partial charge in [0.1, 0.15) is 5.71 Å². The molecule has 0 saturated carbocycles. The number of ketones is 1. The monoisotopic (exact) mass is 181 g/mol. The summed E-state index contributed by atoms with van der Waals surface area (Å²) < 4.78 is 0. The number of rotatable bonds is 3. The van der Waals surface area contributed by atoms with Crippen LogP contribution in [0.3, 0.4) is 0 Å². The number of carbonyl (C=O) groups is 1. The smallest absolute Gasteiger partial charge is 0.195 e. The van der Waals surface area contributed by atoms with Crippen LogP contribution in [0.1, 0.15) is 5.56 Å². The molecule has 0 amide bonds. The van der Waals surface area contributed by atoms with Gasteiger partial charge in [-0.15, -0.1) is 11.6 Å². The maximum absolute atomic E-state index is 11.0. The lowest BCUT2D eigenvalue weighted by atomic mass is 10.1. The highest BCUT2D eigenvalue weighted by molar-refractivity contribution is 6.52. The molecule has 62 valence electrons. The Hall–Kier alpha value is -1.15. The average Bonchev–Trinajstić information content (AvgIpc) is 2.17. The van der Waals surface area contributed by atoms with Gasteiger partial charge in [0.15, 0.2) is 5.78 Å². The summed E-state index contributed by atoms with van der Waals surface area (Å²) in [4.78, 5) is 11.0. The minimum absolute atomic E-state index is 0.0226. The Morgan fingerprint density at radius 2 is 1.92 bits per heavy atom. The van der Waals surface area contributed by atoms with E-state index in [9.17, 15) is 4.79 Å². The van der Waals surface area contributed by atoms with E-state index < -0.39 is 0 Å². The molecule has 0 aromatic heterocycles. The molecule has 0 aliphatic carbocycles. The fourth-order valence-electron chi connectivity index (χ4n) is 0.833. The van der Waals surface area contributed by atoms with Crippen LogP contribution in [0.25, 0.3) is 0 Å². The fourth-order valence-corrected chi connectivity index (χ4v) is 0.966. The van der Waals surface area contributed by atoms with Gasteiger partial charge in [-0.3, -0.25) is 10.2 Å². The van der Waals surface area contributed by atoms with Gasteiger partial charge in [0, 0.05) is 5.56 Å². The first-order valence-corrected chi connectivity index (χ1v) is 4.02. The van der Waals surface area contributed by atoms with E-state index in [0.29, 0.717) is 5.56 Å². The summed E-state index contributed by atoms with van der Waals surface area (Å²) in [5.41, 5.74) is 0.591. The van der Waals surface area contributed by atoms with E-state index in [0.717, 1.165) is 0 Å². The molecule has 12 heavy (non-hydrogen) atoms. The van der Waals surface area contributed by atoms with Gasteiger partial charge in [-0.25, -0.2) is 0 Å². The van der Waals surface area contributed by atoms with E-state index in [1.54, 1.807) is 24.3 Å². The van der Waals surface area contributed by atoms with Crippen molar-refractivity contribution in [2.24, 2.45) is 0 Å². The second kappa shape index (κ2) is 4.02. The molecule has 1 rings (SSSR count). The predicted octanol–water partition coefficient (Wildman–Crippen LogP) is 1.86. The van der Waals surface area contributed by atoms with Gasteiger partial charge < -0.3 is 0 Å². The first-order chi connectivity index (χ1) is 5.75. The van der Waals surface area contributed by atoms with Gasteiger partial charge in [-0.2, -0.15) is 0 Å². The lowest BCUT2D eigenvalue weighted by molar-refractivity contribution is -0.110. The SMILES string of the molecule is N=C(C(=O)CCl)c1ccccc1. The van der Waals surface area contributed by atoms with E-state index in [1.807, 2.05) is 6.07 Å². The average molecular weight is 182 g/mol. The molecule has 0 radical (unpaired) electrons. The van der Waals surface area contributed by atoms with Gasteiger partial charge in [-0.1, -0.05) is 30.3 Å². The Kier molecular flexibility index (Phi) is 3.00. The van der Waals surface area contributed by atoms with Crippen molar-refractivity contribution >= 4 is 23.1 Å². The van der Waals surface area contributed by atoms with Crippen molar-refractivity contribution < 1.29 is 4.79 Å². The summed E-state index contributed by atoms with van der Waals surface area (Å²) in [5, 5.41) is 7.40. The number of halogens is 1. The summed E-state index contributed by atoms with van der Waals surface area (Å²) in [6, 6.07) is 8.83. The number of hydrogen-bond donors (Lipinski definition) is 1. The van der Waals surface area contributed by atoms with Crippen LogP contribution < -0.4 is 0 Å². The van der Waals surface area contributed by atoms with Crippen molar-refractivity contribution in [1.82, 2.24) is 0 Å². The van der Waals surface area contributed by atoms with Crippen molar-refractivity contribution in [3.63, 3.8) is 0 Å². The van der Waals surface area contributed by atoms with Gasteiger partial charge >= 0.3 is 0 Å². The minimum Gasteiger partial charge on any atom is -0.297 e. The highest BCUT2D eigenvalue weighted by Gasteiger charge is 2.08. The second-order valence-corrected chi connectivity index (χ2v) is 2.57. The second-order valence-electron chi connectivity index (χ2n) is 2.30. The summed E-state index contributed by atoms with van der Waals surface area (Å²) in [6.07, 6.45) is 0. The van der Waals surface area contributed by atoms with Crippen molar-refractivity contribution in [3.8, 4) is 0 Å². The Balaban J connectivity index is 2.86. The Morgan fingerprint density at radius 3 is 2.42 bits per heavy atom. The summed E-state index contributed by atoms with van der Waals surface area (Å²) in [6.45, 7) is 0. The molecule has 1 aromatic carbocycles. The first-order valence-electron chi connectivity index (χ1n) is 3.49. The predicted molar refractivity (Wildman–Crippen MR) is 49.0 cm³/mol. The van der Waals surface area contributed by atoms with Crippen LogP contribution in [0.15, 0.2) is 30.3 Å². The van der Waals surface area contributed by atoms with Crippen LogP contribution in [-0.4, -0.2) is 17.4 Å². The molecule has 2 nitrogen and oxygen atoms in total. The highest BCUT2D eigenvalue weighted by atomic mass is 35.5. The molecule has 0 saturated heterocycles. The molecule has 1 aromatic rings. The summed E-state index contributed by atoms with van der Waals surface area (Å²) >= 11 is 5.31. The zero-order valence-corrected chi connectivity index (χ0v) is 7.14. The minimum atomic E-state index is -0.345. The fraction of sp³-hybridized carbons (Fsp3) is 0.111. The van der Waals surface area contributed by atoms with Gasteiger partial charge in [0.2, 0.25) is 0 Å². The molecule has 0 fully saturated rings. The Bertz CT molecular complexity index is 295. The van der Waals surface area contributed by atoms with Crippen LogP contribution in [0.2, 0.25) is 0 Å². The molecule has 0 bridgehead atoms. The van der Waals surface area contributed by atoms with Crippen LogP contribution >= 0.6 is 11.6 Å². The molecule has 0 unspecified atom stereocenters. The lowest BCUT2D eigenvalue weighted by Gasteiger charge is -1.98. The van der Waals surface area contributed by atoms with E-state index in [2.05, 4.69) is 0 Å². The van der Waals surface area contributed by atoms with Gasteiger partial charge in [0.25, 0.3) is 0 Å². The van der Waals surface area contributed by atoms with Crippen LogP contribution in [0, 0.1) is 5.41 Å². The number of Topliss-reactive ketones (excluding diaryl/α,β-unsaturated/α-hetero) is 1. The summed E-state index contributed by atoms with van der Waals surface area (Å²) in [5.74, 6) is -0.476. The molecule has 0 aliphatic heterocycles. The largest absolute Gasteiger partial charge is 0.297 e. The quantitative estimate of drug-likeness (QED) is 0.561. The lowest BCUT2D eigenvalue weighted by Crippen LogP contribution is -2.14. The molecule has 1 N–H and O–H groups in total. The number of alkyl halides is 1. The highest BCUT2D eigenvalue weighted by Crippen LogP contribution is 2.00. The van der Waals surface area contributed by atoms with Crippen molar-refractivity contribution in [2.75, 3.05) is 5.88 Å². The third-order valence-corrected chi connectivity index (χ3v) is 1.71. The van der Waals surface area contributed by atoms with Crippen LogP contribution in [-0.2, 0) is 4.79 Å². The Labute approximate surface area is 75.7 Å². The van der Waals surface area contributed by atoms with E-state index >= 15 is 0 Å². The first kappa shape index (κ1) is 8.94. The third kappa shape index (κ3) is 1.92. The molecule has 3 heteroatoms.